The smallest absolute Gasteiger partial charge is 0.251 e. The molecule has 0 aliphatic heterocycles. The molecule has 0 aromatic heterocycles. The maximum absolute atomic E-state index is 13.5. The molecule has 1 aromatic rings. The van der Waals surface area contributed by atoms with Crippen molar-refractivity contribution in [2.75, 3.05) is 19.5 Å². The Morgan fingerprint density at radius 2 is 2.26 bits per heavy atom. The first kappa shape index (κ1) is 14.1. The van der Waals surface area contributed by atoms with Gasteiger partial charge in [0.15, 0.2) is 11.6 Å². The van der Waals surface area contributed by atoms with Crippen molar-refractivity contribution < 1.29 is 13.9 Å². The molecule has 0 saturated heterocycles. The third kappa shape index (κ3) is 3.38. The van der Waals surface area contributed by atoms with Crippen molar-refractivity contribution >= 4 is 17.5 Å². The fourth-order valence-electron chi connectivity index (χ4n) is 2.07. The highest BCUT2D eigenvalue weighted by Crippen LogP contribution is 2.48. The van der Waals surface area contributed by atoms with Crippen molar-refractivity contribution in [3.8, 4) is 5.75 Å². The Bertz CT molecular complexity index is 475. The van der Waals surface area contributed by atoms with Gasteiger partial charge in [-0.2, -0.15) is 0 Å². The van der Waals surface area contributed by atoms with Gasteiger partial charge in [0.05, 0.1) is 7.11 Å². The van der Waals surface area contributed by atoms with Crippen LogP contribution in [-0.4, -0.2) is 25.4 Å². The Hall–Kier alpha value is -1.29. The van der Waals surface area contributed by atoms with Crippen LogP contribution in [0, 0.1) is 11.2 Å². The van der Waals surface area contributed by atoms with Crippen LogP contribution in [0.5, 0.6) is 5.75 Å². The SMILES string of the molecule is COc1ccc(C(=O)NCC2(CCCl)CC2)cc1F. The van der Waals surface area contributed by atoms with Gasteiger partial charge in [-0.25, -0.2) is 4.39 Å². The van der Waals surface area contributed by atoms with Crippen LogP contribution in [0.4, 0.5) is 4.39 Å². The van der Waals surface area contributed by atoms with E-state index >= 15 is 0 Å². The van der Waals surface area contributed by atoms with Crippen molar-refractivity contribution in [3.05, 3.63) is 29.6 Å². The molecule has 104 valence electrons. The Balaban J connectivity index is 1.95. The van der Waals surface area contributed by atoms with Crippen LogP contribution in [0.1, 0.15) is 29.6 Å². The Labute approximate surface area is 117 Å². The normalized spacial score (nSPS) is 15.9. The minimum absolute atomic E-state index is 0.136. The zero-order valence-electron chi connectivity index (χ0n) is 10.8. The lowest BCUT2D eigenvalue weighted by Gasteiger charge is -2.14. The van der Waals surface area contributed by atoms with E-state index in [2.05, 4.69) is 5.32 Å². The number of benzene rings is 1. The van der Waals surface area contributed by atoms with Gasteiger partial charge in [0, 0.05) is 18.0 Å². The van der Waals surface area contributed by atoms with Crippen molar-refractivity contribution in [1.29, 1.82) is 0 Å². The van der Waals surface area contributed by atoms with Gasteiger partial charge in [0.2, 0.25) is 0 Å². The number of halogens is 2. The molecule has 0 spiro atoms. The summed E-state index contributed by atoms with van der Waals surface area (Å²) in [4.78, 5) is 11.9. The van der Waals surface area contributed by atoms with E-state index < -0.39 is 5.82 Å². The molecular weight excluding hydrogens is 269 g/mol. The van der Waals surface area contributed by atoms with Crippen molar-refractivity contribution in [1.82, 2.24) is 5.32 Å². The lowest BCUT2D eigenvalue weighted by molar-refractivity contribution is 0.0944. The molecule has 1 N–H and O–H groups in total. The number of methoxy groups -OCH3 is 1. The first-order valence-electron chi connectivity index (χ1n) is 6.28. The van der Waals surface area contributed by atoms with Gasteiger partial charge in [-0.1, -0.05) is 0 Å². The number of carbonyl (C=O) groups excluding carboxylic acids is 1. The molecule has 1 saturated carbocycles. The van der Waals surface area contributed by atoms with Gasteiger partial charge in [-0.3, -0.25) is 4.79 Å². The molecule has 2 rings (SSSR count). The maximum atomic E-state index is 13.5. The van der Waals surface area contributed by atoms with Crippen LogP contribution in [0.2, 0.25) is 0 Å². The number of hydrogen-bond acceptors (Lipinski definition) is 2. The minimum atomic E-state index is -0.531. The summed E-state index contributed by atoms with van der Waals surface area (Å²) in [5, 5.41) is 2.85. The van der Waals surface area contributed by atoms with E-state index in [0.29, 0.717) is 18.0 Å². The molecule has 1 aliphatic carbocycles. The van der Waals surface area contributed by atoms with Crippen LogP contribution in [0.25, 0.3) is 0 Å². The lowest BCUT2D eigenvalue weighted by atomic mass is 10.0. The minimum Gasteiger partial charge on any atom is -0.494 e. The topological polar surface area (TPSA) is 38.3 Å². The van der Waals surface area contributed by atoms with Crippen LogP contribution < -0.4 is 10.1 Å². The van der Waals surface area contributed by atoms with E-state index in [1.807, 2.05) is 0 Å². The highest BCUT2D eigenvalue weighted by molar-refractivity contribution is 6.17. The highest BCUT2D eigenvalue weighted by atomic mass is 35.5. The molecule has 19 heavy (non-hydrogen) atoms. The molecule has 3 nitrogen and oxygen atoms in total. The predicted octanol–water partition coefficient (Wildman–Crippen LogP) is 2.97. The van der Waals surface area contributed by atoms with Crippen molar-refractivity contribution in [3.63, 3.8) is 0 Å². The molecule has 1 aliphatic rings. The van der Waals surface area contributed by atoms with Gasteiger partial charge >= 0.3 is 0 Å². The van der Waals surface area contributed by atoms with Crippen LogP contribution in [-0.2, 0) is 0 Å². The van der Waals surface area contributed by atoms with Gasteiger partial charge in [-0.05, 0) is 42.9 Å². The van der Waals surface area contributed by atoms with E-state index in [9.17, 15) is 9.18 Å². The third-order valence-corrected chi connectivity index (χ3v) is 3.81. The van der Waals surface area contributed by atoms with Crippen molar-refractivity contribution in [2.45, 2.75) is 19.3 Å². The molecule has 5 heteroatoms. The summed E-state index contributed by atoms with van der Waals surface area (Å²) < 4.78 is 18.3. The third-order valence-electron chi connectivity index (χ3n) is 3.62. The summed E-state index contributed by atoms with van der Waals surface area (Å²) in [5.74, 6) is -0.0515. The van der Waals surface area contributed by atoms with Gasteiger partial charge in [0.1, 0.15) is 0 Å². The number of hydrogen-bond donors (Lipinski definition) is 1. The second-order valence-corrected chi connectivity index (χ2v) is 5.35. The number of alkyl halides is 1. The molecule has 0 radical (unpaired) electrons. The standard InChI is InChI=1S/C14H17ClFNO2/c1-19-12-3-2-10(8-11(12)16)13(18)17-9-14(4-5-14)6-7-15/h2-3,8H,4-7,9H2,1H3,(H,17,18). The van der Waals surface area contributed by atoms with Gasteiger partial charge < -0.3 is 10.1 Å². The quantitative estimate of drug-likeness (QED) is 0.816. The molecule has 1 aromatic carbocycles. The summed E-state index contributed by atoms with van der Waals surface area (Å²) in [6, 6.07) is 4.20. The molecular formula is C14H17ClFNO2. The summed E-state index contributed by atoms with van der Waals surface area (Å²) in [6.45, 7) is 0.603. The van der Waals surface area contributed by atoms with E-state index in [1.165, 1.54) is 19.2 Å². The molecule has 1 amide bonds. The fraction of sp³-hybridized carbons (Fsp3) is 0.500. The van der Waals surface area contributed by atoms with Crippen LogP contribution in [0.15, 0.2) is 18.2 Å². The first-order valence-corrected chi connectivity index (χ1v) is 6.81. The average molecular weight is 286 g/mol. The molecule has 0 atom stereocenters. The van der Waals surface area contributed by atoms with E-state index in [-0.39, 0.29) is 17.1 Å². The lowest BCUT2D eigenvalue weighted by Crippen LogP contribution is -2.30. The van der Waals surface area contributed by atoms with Gasteiger partial charge in [-0.15, -0.1) is 11.6 Å². The second kappa shape index (κ2) is 5.78. The Morgan fingerprint density at radius 1 is 1.53 bits per heavy atom. The summed E-state index contributed by atoms with van der Waals surface area (Å²) >= 11 is 5.74. The number of rotatable bonds is 6. The molecule has 1 fully saturated rings. The Kier molecular flexibility index (Phi) is 4.30. The first-order chi connectivity index (χ1) is 9.10. The number of carbonyl (C=O) groups is 1. The predicted molar refractivity (Wildman–Crippen MR) is 72.3 cm³/mol. The van der Waals surface area contributed by atoms with E-state index in [1.54, 1.807) is 6.07 Å². The zero-order chi connectivity index (χ0) is 13.9. The summed E-state index contributed by atoms with van der Waals surface area (Å²) in [5.41, 5.74) is 0.475. The van der Waals surface area contributed by atoms with Crippen LogP contribution >= 0.6 is 11.6 Å². The number of amides is 1. The fourth-order valence-corrected chi connectivity index (χ4v) is 2.47. The highest BCUT2D eigenvalue weighted by Gasteiger charge is 2.41. The summed E-state index contributed by atoms with van der Waals surface area (Å²) in [6.07, 6.45) is 3.10. The van der Waals surface area contributed by atoms with E-state index in [0.717, 1.165) is 19.3 Å². The molecule has 0 heterocycles. The van der Waals surface area contributed by atoms with Gasteiger partial charge in [0.25, 0.3) is 5.91 Å². The monoisotopic (exact) mass is 285 g/mol. The summed E-state index contributed by atoms with van der Waals surface area (Å²) in [7, 11) is 1.39. The van der Waals surface area contributed by atoms with Crippen molar-refractivity contribution in [2.24, 2.45) is 5.41 Å². The average Bonchev–Trinajstić information content (AvgIpc) is 3.16. The molecule has 0 bridgehead atoms. The number of ether oxygens (including phenoxy) is 1. The molecule has 0 unspecified atom stereocenters. The maximum Gasteiger partial charge on any atom is 0.251 e. The van der Waals surface area contributed by atoms with E-state index in [4.69, 9.17) is 16.3 Å². The number of nitrogens with one attached hydrogen (secondary N) is 1. The zero-order valence-corrected chi connectivity index (χ0v) is 11.6. The second-order valence-electron chi connectivity index (χ2n) is 4.97. The Morgan fingerprint density at radius 3 is 2.79 bits per heavy atom. The van der Waals surface area contributed by atoms with Crippen LogP contribution in [0.3, 0.4) is 0 Å². The largest absolute Gasteiger partial charge is 0.494 e.